The number of ether oxygens (including phenoxy) is 4. The number of hydrogen-bond acceptors (Lipinski definition) is 8. The number of hydrogen-bond donors (Lipinski definition) is 0. The normalized spacial score (nSPS) is 23.1. The van der Waals surface area contributed by atoms with Crippen LogP contribution < -0.4 is 9.47 Å². The molecular formula is C21H23ClN2O6. The van der Waals surface area contributed by atoms with E-state index in [1.165, 1.54) is 18.5 Å². The van der Waals surface area contributed by atoms with Crippen molar-refractivity contribution < 1.29 is 28.5 Å². The fraction of sp³-hybridized carbons (Fsp3) is 0.476. The third-order valence-corrected chi connectivity index (χ3v) is 6.05. The molecule has 2 aromatic rings. The topological polar surface area (TPSA) is 87.2 Å². The first-order valence-corrected chi connectivity index (χ1v) is 10.0. The van der Waals surface area contributed by atoms with Gasteiger partial charge in [-0.3, -0.25) is 9.59 Å². The van der Waals surface area contributed by atoms with Crippen LogP contribution in [-0.2, 0) is 32.1 Å². The minimum absolute atomic E-state index is 0.000730. The molecule has 1 fully saturated rings. The molecule has 0 N–H and O–H groups in total. The number of aryl methyl sites for hydroxylation is 1. The van der Waals surface area contributed by atoms with Crippen LogP contribution in [0.3, 0.4) is 0 Å². The number of methoxy groups -OCH3 is 2. The van der Waals surface area contributed by atoms with Crippen molar-refractivity contribution in [2.24, 2.45) is 0 Å². The number of aromatic nitrogens is 1. The van der Waals surface area contributed by atoms with Crippen LogP contribution in [0.2, 0.25) is 0 Å². The van der Waals surface area contributed by atoms with Gasteiger partial charge < -0.3 is 18.9 Å². The first kappa shape index (κ1) is 20.7. The van der Waals surface area contributed by atoms with Gasteiger partial charge in [0.05, 0.1) is 26.3 Å². The van der Waals surface area contributed by atoms with Gasteiger partial charge in [-0.15, -0.1) is 0 Å². The van der Waals surface area contributed by atoms with Crippen LogP contribution in [-0.4, -0.2) is 53.7 Å². The van der Waals surface area contributed by atoms with Crippen molar-refractivity contribution in [1.82, 2.24) is 9.40 Å². The zero-order valence-electron chi connectivity index (χ0n) is 17.1. The van der Waals surface area contributed by atoms with Crippen molar-refractivity contribution >= 4 is 34.6 Å². The van der Waals surface area contributed by atoms with E-state index in [1.54, 1.807) is 7.11 Å². The van der Waals surface area contributed by atoms with E-state index in [2.05, 4.69) is 4.98 Å². The highest BCUT2D eigenvalue weighted by atomic mass is 35.5. The SMILES string of the molecule is COC(=O)[C@@H]1CC2(CCc3c(c(COC(C)=O)nc4ccc(OC)cc34)O2)CN1Cl. The lowest BCUT2D eigenvalue weighted by molar-refractivity contribution is -0.145. The Morgan fingerprint density at radius 1 is 1.37 bits per heavy atom. The van der Waals surface area contributed by atoms with Crippen LogP contribution in [0, 0.1) is 0 Å². The Labute approximate surface area is 179 Å². The molecule has 4 rings (SSSR count). The third kappa shape index (κ3) is 3.65. The van der Waals surface area contributed by atoms with E-state index >= 15 is 0 Å². The lowest BCUT2D eigenvalue weighted by Gasteiger charge is -2.36. The molecule has 0 radical (unpaired) electrons. The molecule has 0 saturated carbocycles. The number of benzene rings is 1. The summed E-state index contributed by atoms with van der Waals surface area (Å²) in [6, 6.07) is 5.06. The first-order chi connectivity index (χ1) is 14.4. The highest BCUT2D eigenvalue weighted by Gasteiger charge is 2.51. The van der Waals surface area contributed by atoms with Gasteiger partial charge in [0.2, 0.25) is 0 Å². The number of carbonyl (C=O) groups excluding carboxylic acids is 2. The van der Waals surface area contributed by atoms with Gasteiger partial charge in [0.25, 0.3) is 0 Å². The molecule has 2 aliphatic heterocycles. The van der Waals surface area contributed by atoms with Crippen molar-refractivity contribution in [2.75, 3.05) is 20.8 Å². The molecule has 9 heteroatoms. The molecule has 30 heavy (non-hydrogen) atoms. The molecule has 0 amide bonds. The second-order valence-corrected chi connectivity index (χ2v) is 8.05. The minimum Gasteiger partial charge on any atom is -0.497 e. The van der Waals surface area contributed by atoms with E-state index in [1.807, 2.05) is 18.2 Å². The highest BCUT2D eigenvalue weighted by Crippen LogP contribution is 2.45. The molecule has 0 bridgehead atoms. The van der Waals surface area contributed by atoms with Gasteiger partial charge in [0.15, 0.2) is 0 Å². The largest absolute Gasteiger partial charge is 0.497 e. The van der Waals surface area contributed by atoms with Gasteiger partial charge in [0.1, 0.15) is 35.4 Å². The zero-order valence-corrected chi connectivity index (χ0v) is 17.8. The molecular weight excluding hydrogens is 412 g/mol. The van der Waals surface area contributed by atoms with Gasteiger partial charge in [-0.25, -0.2) is 9.40 Å². The Hall–Kier alpha value is -2.58. The van der Waals surface area contributed by atoms with Gasteiger partial charge in [-0.1, -0.05) is 0 Å². The van der Waals surface area contributed by atoms with Crippen molar-refractivity contribution in [3.63, 3.8) is 0 Å². The van der Waals surface area contributed by atoms with Crippen LogP contribution in [0.5, 0.6) is 11.5 Å². The predicted molar refractivity (Wildman–Crippen MR) is 108 cm³/mol. The average Bonchev–Trinajstić information content (AvgIpc) is 3.06. The van der Waals surface area contributed by atoms with Gasteiger partial charge in [-0.05, 0) is 42.8 Å². The second-order valence-electron chi connectivity index (χ2n) is 7.62. The van der Waals surface area contributed by atoms with Gasteiger partial charge in [0, 0.05) is 24.3 Å². The fourth-order valence-electron chi connectivity index (χ4n) is 4.22. The molecule has 1 unspecified atom stereocenters. The molecule has 3 heterocycles. The summed E-state index contributed by atoms with van der Waals surface area (Å²) in [4.78, 5) is 28.2. The zero-order chi connectivity index (χ0) is 21.5. The summed E-state index contributed by atoms with van der Waals surface area (Å²) in [7, 11) is 2.96. The van der Waals surface area contributed by atoms with E-state index in [9.17, 15) is 9.59 Å². The van der Waals surface area contributed by atoms with E-state index < -0.39 is 23.6 Å². The average molecular weight is 435 g/mol. The fourth-order valence-corrected chi connectivity index (χ4v) is 4.59. The monoisotopic (exact) mass is 434 g/mol. The predicted octanol–water partition coefficient (Wildman–Crippen LogP) is 2.77. The Morgan fingerprint density at radius 2 is 2.17 bits per heavy atom. The number of esters is 2. The summed E-state index contributed by atoms with van der Waals surface area (Å²) in [6.45, 7) is 1.72. The maximum atomic E-state index is 12.1. The highest BCUT2D eigenvalue weighted by molar-refractivity contribution is 6.15. The summed E-state index contributed by atoms with van der Waals surface area (Å²) in [5.41, 5.74) is 1.65. The number of carbonyl (C=O) groups is 2. The van der Waals surface area contributed by atoms with E-state index in [0.29, 0.717) is 37.3 Å². The lowest BCUT2D eigenvalue weighted by atomic mass is 9.87. The van der Waals surface area contributed by atoms with Crippen molar-refractivity contribution in [3.05, 3.63) is 29.5 Å². The number of halogens is 1. The Balaban J connectivity index is 1.76. The molecule has 2 aliphatic rings. The Bertz CT molecular complexity index is 1010. The number of fused-ring (bicyclic) bond motifs is 3. The van der Waals surface area contributed by atoms with Crippen LogP contribution in [0.15, 0.2) is 18.2 Å². The number of pyridine rings is 1. The third-order valence-electron chi connectivity index (χ3n) is 5.70. The maximum absolute atomic E-state index is 12.1. The minimum atomic E-state index is -0.646. The molecule has 1 aromatic carbocycles. The van der Waals surface area contributed by atoms with Gasteiger partial charge >= 0.3 is 11.9 Å². The summed E-state index contributed by atoms with van der Waals surface area (Å²) in [6.07, 6.45) is 1.79. The van der Waals surface area contributed by atoms with E-state index in [0.717, 1.165) is 22.2 Å². The number of rotatable bonds is 4. The van der Waals surface area contributed by atoms with Gasteiger partial charge in [-0.2, -0.15) is 0 Å². The quantitative estimate of drug-likeness (QED) is 0.536. The summed E-state index contributed by atoms with van der Waals surface area (Å²) >= 11 is 6.33. The van der Waals surface area contributed by atoms with Crippen molar-refractivity contribution in [2.45, 2.75) is 44.4 Å². The van der Waals surface area contributed by atoms with Crippen molar-refractivity contribution in [3.8, 4) is 11.5 Å². The molecule has 1 saturated heterocycles. The van der Waals surface area contributed by atoms with Crippen molar-refractivity contribution in [1.29, 1.82) is 0 Å². The summed E-state index contributed by atoms with van der Waals surface area (Å²) in [5, 5.41) is 0.927. The second kappa shape index (κ2) is 7.92. The van der Waals surface area contributed by atoms with Crippen LogP contribution >= 0.6 is 11.8 Å². The molecule has 2 atom stereocenters. The summed E-state index contributed by atoms with van der Waals surface area (Å²) < 4.78 is 23.4. The smallest absolute Gasteiger partial charge is 0.324 e. The summed E-state index contributed by atoms with van der Waals surface area (Å²) in [5.74, 6) is 0.513. The van der Waals surface area contributed by atoms with Crippen LogP contribution in [0.1, 0.15) is 31.0 Å². The number of nitrogens with zero attached hydrogens (tertiary/aromatic N) is 2. The van der Waals surface area contributed by atoms with E-state index in [4.69, 9.17) is 30.7 Å². The van der Waals surface area contributed by atoms with Crippen LogP contribution in [0.4, 0.5) is 0 Å². The van der Waals surface area contributed by atoms with Crippen LogP contribution in [0.25, 0.3) is 10.9 Å². The van der Waals surface area contributed by atoms with E-state index in [-0.39, 0.29) is 6.61 Å². The lowest BCUT2D eigenvalue weighted by Crippen LogP contribution is -2.42. The maximum Gasteiger partial charge on any atom is 0.324 e. The Morgan fingerprint density at radius 3 is 2.87 bits per heavy atom. The standard InChI is InChI=1S/C21H23ClN2O6/c1-12(25)29-10-17-19-14(15-8-13(27-2)4-5-16(15)23-17)6-7-21(30-19)9-18(20(26)28-3)24(22)11-21/h4-5,8,18H,6-7,9-11H2,1-3H3/t18-,21?/m0/s1. The molecule has 0 aliphatic carbocycles. The first-order valence-electron chi connectivity index (χ1n) is 9.68. The molecule has 160 valence electrons. The molecule has 1 aromatic heterocycles. The molecule has 8 nitrogen and oxygen atoms in total. The Kier molecular flexibility index (Phi) is 5.46. The molecule has 1 spiro atoms.